The third kappa shape index (κ3) is 5.50. The molecule has 1 atom stereocenters. The topological polar surface area (TPSA) is 55.6 Å². The Morgan fingerprint density at radius 3 is 2.39 bits per heavy atom. The standard InChI is InChI=1S/C18H27FN2O2/c1-18(2,3)23-17(22)21-10-8-13(9-11-21)12-16(20)14-4-6-15(19)7-5-14/h4-7,13,16H,8-12,20H2,1-3H3/t16-/m1/s1. The number of nitrogens with zero attached hydrogens (tertiary/aromatic N) is 1. The largest absolute Gasteiger partial charge is 0.444 e. The molecule has 1 fully saturated rings. The van der Waals surface area contributed by atoms with Crippen molar-refractivity contribution in [3.8, 4) is 0 Å². The third-order valence-electron chi connectivity index (χ3n) is 4.15. The molecule has 5 heteroatoms. The average Bonchev–Trinajstić information content (AvgIpc) is 2.46. The van der Waals surface area contributed by atoms with Gasteiger partial charge in [0.15, 0.2) is 0 Å². The van der Waals surface area contributed by atoms with E-state index < -0.39 is 5.60 Å². The summed E-state index contributed by atoms with van der Waals surface area (Å²) in [6.07, 6.45) is 2.47. The van der Waals surface area contributed by atoms with E-state index in [1.54, 1.807) is 17.0 Å². The lowest BCUT2D eigenvalue weighted by Crippen LogP contribution is -2.42. The van der Waals surface area contributed by atoms with Crippen molar-refractivity contribution in [3.63, 3.8) is 0 Å². The lowest BCUT2D eigenvalue weighted by molar-refractivity contribution is 0.0179. The van der Waals surface area contributed by atoms with Gasteiger partial charge in [0.25, 0.3) is 0 Å². The number of likely N-dealkylation sites (tertiary alicyclic amines) is 1. The van der Waals surface area contributed by atoms with Gasteiger partial charge in [0.05, 0.1) is 0 Å². The fourth-order valence-electron chi connectivity index (χ4n) is 2.88. The van der Waals surface area contributed by atoms with Crippen LogP contribution in [0.2, 0.25) is 0 Å². The van der Waals surface area contributed by atoms with Crippen LogP contribution in [-0.4, -0.2) is 29.7 Å². The maximum Gasteiger partial charge on any atom is 0.410 e. The van der Waals surface area contributed by atoms with Gasteiger partial charge in [0.1, 0.15) is 11.4 Å². The Balaban J connectivity index is 1.80. The predicted molar refractivity (Wildman–Crippen MR) is 88.5 cm³/mol. The number of carbonyl (C=O) groups is 1. The van der Waals surface area contributed by atoms with Gasteiger partial charge >= 0.3 is 6.09 Å². The molecular formula is C18H27FN2O2. The molecule has 1 heterocycles. The number of halogens is 1. The highest BCUT2D eigenvalue weighted by Crippen LogP contribution is 2.27. The molecule has 2 rings (SSSR count). The van der Waals surface area contributed by atoms with E-state index in [0.29, 0.717) is 19.0 Å². The fraction of sp³-hybridized carbons (Fsp3) is 0.611. The van der Waals surface area contributed by atoms with Crippen LogP contribution in [0.1, 0.15) is 51.6 Å². The van der Waals surface area contributed by atoms with E-state index in [2.05, 4.69) is 0 Å². The van der Waals surface area contributed by atoms with Crippen molar-refractivity contribution in [2.75, 3.05) is 13.1 Å². The zero-order valence-electron chi connectivity index (χ0n) is 14.2. The summed E-state index contributed by atoms with van der Waals surface area (Å²) in [5, 5.41) is 0. The van der Waals surface area contributed by atoms with Crippen molar-refractivity contribution >= 4 is 6.09 Å². The highest BCUT2D eigenvalue weighted by Gasteiger charge is 2.27. The van der Waals surface area contributed by atoms with Crippen LogP contribution in [0.4, 0.5) is 9.18 Å². The molecule has 0 aromatic heterocycles. The minimum Gasteiger partial charge on any atom is -0.444 e. The van der Waals surface area contributed by atoms with Gasteiger partial charge in [-0.3, -0.25) is 0 Å². The van der Waals surface area contributed by atoms with E-state index in [9.17, 15) is 9.18 Å². The second-order valence-electron chi connectivity index (χ2n) is 7.30. The lowest BCUT2D eigenvalue weighted by atomic mass is 9.88. The summed E-state index contributed by atoms with van der Waals surface area (Å²) in [5.74, 6) is 0.236. The molecule has 1 aliphatic heterocycles. The maximum atomic E-state index is 13.0. The third-order valence-corrected chi connectivity index (χ3v) is 4.15. The van der Waals surface area contributed by atoms with Crippen molar-refractivity contribution < 1.29 is 13.9 Å². The Morgan fingerprint density at radius 1 is 1.30 bits per heavy atom. The van der Waals surface area contributed by atoms with Crippen LogP contribution in [0.15, 0.2) is 24.3 Å². The molecule has 4 nitrogen and oxygen atoms in total. The Hall–Kier alpha value is -1.62. The first kappa shape index (κ1) is 17.7. The monoisotopic (exact) mass is 322 g/mol. The smallest absolute Gasteiger partial charge is 0.410 e. The summed E-state index contributed by atoms with van der Waals surface area (Å²) in [5.41, 5.74) is 6.73. The van der Waals surface area contributed by atoms with E-state index in [0.717, 1.165) is 24.8 Å². The Morgan fingerprint density at radius 2 is 1.87 bits per heavy atom. The number of benzene rings is 1. The van der Waals surface area contributed by atoms with Gasteiger partial charge in [-0.15, -0.1) is 0 Å². The van der Waals surface area contributed by atoms with Crippen molar-refractivity contribution in [1.29, 1.82) is 0 Å². The summed E-state index contributed by atoms with van der Waals surface area (Å²) < 4.78 is 18.4. The molecule has 0 radical (unpaired) electrons. The Bertz CT molecular complexity index is 517. The Kier molecular flexibility index (Phi) is 5.63. The first-order valence-electron chi connectivity index (χ1n) is 8.23. The van der Waals surface area contributed by atoms with Crippen LogP contribution in [-0.2, 0) is 4.74 Å². The van der Waals surface area contributed by atoms with Gasteiger partial charge in [-0.2, -0.15) is 0 Å². The fourth-order valence-corrected chi connectivity index (χ4v) is 2.88. The summed E-state index contributed by atoms with van der Waals surface area (Å²) in [6.45, 7) is 7.03. The molecule has 1 amide bonds. The van der Waals surface area contributed by atoms with Crippen LogP contribution in [0.25, 0.3) is 0 Å². The minimum absolute atomic E-state index is 0.0892. The average molecular weight is 322 g/mol. The molecule has 0 aliphatic carbocycles. The van der Waals surface area contributed by atoms with E-state index in [1.165, 1.54) is 12.1 Å². The second kappa shape index (κ2) is 7.30. The number of piperidine rings is 1. The zero-order chi connectivity index (χ0) is 17.0. The van der Waals surface area contributed by atoms with Crippen molar-refractivity contribution in [2.45, 2.75) is 51.7 Å². The quantitative estimate of drug-likeness (QED) is 0.919. The van der Waals surface area contributed by atoms with Gasteiger partial charge in [-0.05, 0) is 63.6 Å². The normalized spacial score (nSPS) is 17.9. The molecule has 0 spiro atoms. The van der Waals surface area contributed by atoms with Crippen LogP contribution >= 0.6 is 0 Å². The number of nitrogens with two attached hydrogens (primary N) is 1. The van der Waals surface area contributed by atoms with Gasteiger partial charge in [-0.1, -0.05) is 12.1 Å². The minimum atomic E-state index is -0.459. The highest BCUT2D eigenvalue weighted by atomic mass is 19.1. The van der Waals surface area contributed by atoms with Crippen molar-refractivity contribution in [1.82, 2.24) is 4.90 Å². The summed E-state index contributed by atoms with van der Waals surface area (Å²) in [7, 11) is 0. The SMILES string of the molecule is CC(C)(C)OC(=O)N1CCC(C[C@@H](N)c2ccc(F)cc2)CC1. The number of ether oxygens (including phenoxy) is 1. The molecular weight excluding hydrogens is 295 g/mol. The molecule has 1 aliphatic rings. The molecule has 0 saturated carbocycles. The number of hydrogen-bond acceptors (Lipinski definition) is 3. The van der Waals surface area contributed by atoms with Crippen LogP contribution < -0.4 is 5.73 Å². The van der Waals surface area contributed by atoms with E-state index in [-0.39, 0.29) is 18.0 Å². The molecule has 0 bridgehead atoms. The molecule has 1 aromatic rings. The number of rotatable bonds is 3. The second-order valence-corrected chi connectivity index (χ2v) is 7.30. The van der Waals surface area contributed by atoms with Crippen molar-refractivity contribution in [3.05, 3.63) is 35.6 Å². The van der Waals surface area contributed by atoms with Crippen LogP contribution in [0.3, 0.4) is 0 Å². The first-order valence-corrected chi connectivity index (χ1v) is 8.23. The summed E-state index contributed by atoms with van der Waals surface area (Å²) >= 11 is 0. The molecule has 1 aromatic carbocycles. The molecule has 128 valence electrons. The Labute approximate surface area is 137 Å². The molecule has 2 N–H and O–H groups in total. The first-order chi connectivity index (χ1) is 10.7. The molecule has 0 unspecified atom stereocenters. The van der Waals surface area contributed by atoms with Crippen LogP contribution in [0, 0.1) is 11.7 Å². The van der Waals surface area contributed by atoms with E-state index in [1.807, 2.05) is 20.8 Å². The van der Waals surface area contributed by atoms with Gasteiger partial charge in [0, 0.05) is 19.1 Å². The predicted octanol–water partition coefficient (Wildman–Crippen LogP) is 3.86. The summed E-state index contributed by atoms with van der Waals surface area (Å²) in [4.78, 5) is 13.8. The van der Waals surface area contributed by atoms with Crippen molar-refractivity contribution in [2.24, 2.45) is 11.7 Å². The molecule has 23 heavy (non-hydrogen) atoms. The van der Waals surface area contributed by atoms with Gasteiger partial charge < -0.3 is 15.4 Å². The van der Waals surface area contributed by atoms with Crippen LogP contribution in [0.5, 0.6) is 0 Å². The maximum absolute atomic E-state index is 13.0. The summed E-state index contributed by atoms with van der Waals surface area (Å²) in [6, 6.07) is 6.29. The number of hydrogen-bond donors (Lipinski definition) is 1. The highest BCUT2D eigenvalue weighted by molar-refractivity contribution is 5.68. The van der Waals surface area contributed by atoms with E-state index in [4.69, 9.17) is 10.5 Å². The van der Waals surface area contributed by atoms with E-state index >= 15 is 0 Å². The zero-order valence-corrected chi connectivity index (χ0v) is 14.2. The lowest BCUT2D eigenvalue weighted by Gasteiger charge is -2.34. The molecule has 1 saturated heterocycles. The number of amides is 1. The van der Waals surface area contributed by atoms with Gasteiger partial charge in [-0.25, -0.2) is 9.18 Å². The van der Waals surface area contributed by atoms with Gasteiger partial charge in [0.2, 0.25) is 0 Å². The number of carbonyl (C=O) groups excluding carboxylic acids is 1.